The standard InChI is InChI=1S/C13H21N3O/c1-10-8-13(16-9-12(10)14)15-6-5-11-4-2-3-7-17-11/h8-9,11H,2-7,14H2,1H3,(H,15,16). The van der Waals surface area contributed by atoms with Gasteiger partial charge < -0.3 is 15.8 Å². The highest BCUT2D eigenvalue weighted by Gasteiger charge is 2.12. The first-order chi connectivity index (χ1) is 8.25. The van der Waals surface area contributed by atoms with Gasteiger partial charge in [0.05, 0.1) is 18.0 Å². The molecule has 1 fully saturated rings. The van der Waals surface area contributed by atoms with Gasteiger partial charge in [0.25, 0.3) is 0 Å². The number of nitrogens with zero attached hydrogens (tertiary/aromatic N) is 1. The van der Waals surface area contributed by atoms with Gasteiger partial charge in [-0.2, -0.15) is 0 Å². The summed E-state index contributed by atoms with van der Waals surface area (Å²) in [5, 5.41) is 3.31. The lowest BCUT2D eigenvalue weighted by Crippen LogP contribution is -2.22. The third kappa shape index (κ3) is 3.60. The van der Waals surface area contributed by atoms with Gasteiger partial charge in [-0.1, -0.05) is 0 Å². The van der Waals surface area contributed by atoms with E-state index in [0.29, 0.717) is 6.10 Å². The second kappa shape index (κ2) is 5.87. The molecule has 4 heteroatoms. The Kier molecular flexibility index (Phi) is 4.20. The number of nitrogens with one attached hydrogen (secondary N) is 1. The van der Waals surface area contributed by atoms with Crippen molar-refractivity contribution >= 4 is 11.5 Å². The predicted octanol–water partition coefficient (Wildman–Crippen LogP) is 2.34. The second-order valence-electron chi connectivity index (χ2n) is 4.63. The Labute approximate surface area is 103 Å². The summed E-state index contributed by atoms with van der Waals surface area (Å²) in [5.74, 6) is 0.896. The van der Waals surface area contributed by atoms with E-state index in [1.54, 1.807) is 6.20 Å². The molecule has 1 saturated heterocycles. The van der Waals surface area contributed by atoms with Crippen molar-refractivity contribution in [1.82, 2.24) is 4.98 Å². The molecule has 1 atom stereocenters. The number of hydrogen-bond donors (Lipinski definition) is 2. The van der Waals surface area contributed by atoms with Crippen molar-refractivity contribution in [2.45, 2.75) is 38.7 Å². The van der Waals surface area contributed by atoms with Crippen molar-refractivity contribution in [2.24, 2.45) is 0 Å². The minimum absolute atomic E-state index is 0.422. The molecule has 1 unspecified atom stereocenters. The Morgan fingerprint density at radius 3 is 3.12 bits per heavy atom. The van der Waals surface area contributed by atoms with Crippen molar-refractivity contribution in [3.8, 4) is 0 Å². The van der Waals surface area contributed by atoms with Crippen LogP contribution >= 0.6 is 0 Å². The summed E-state index contributed by atoms with van der Waals surface area (Å²) in [4.78, 5) is 4.24. The molecule has 0 saturated carbocycles. The molecule has 1 aromatic heterocycles. The summed E-state index contributed by atoms with van der Waals surface area (Å²) in [6, 6.07) is 1.98. The number of pyridine rings is 1. The van der Waals surface area contributed by atoms with Crippen molar-refractivity contribution in [1.29, 1.82) is 0 Å². The van der Waals surface area contributed by atoms with Crippen LogP contribution in [0.2, 0.25) is 0 Å². The van der Waals surface area contributed by atoms with E-state index in [2.05, 4.69) is 10.3 Å². The fourth-order valence-corrected chi connectivity index (χ4v) is 2.06. The largest absolute Gasteiger partial charge is 0.397 e. The quantitative estimate of drug-likeness (QED) is 0.841. The van der Waals surface area contributed by atoms with Gasteiger partial charge >= 0.3 is 0 Å². The molecule has 3 N–H and O–H groups in total. The molecule has 2 heterocycles. The minimum Gasteiger partial charge on any atom is -0.397 e. The van der Waals surface area contributed by atoms with Gasteiger partial charge in [0.15, 0.2) is 0 Å². The smallest absolute Gasteiger partial charge is 0.126 e. The Morgan fingerprint density at radius 2 is 2.41 bits per heavy atom. The summed E-state index contributed by atoms with van der Waals surface area (Å²) in [5.41, 5.74) is 7.53. The van der Waals surface area contributed by atoms with Gasteiger partial charge in [0.2, 0.25) is 0 Å². The monoisotopic (exact) mass is 235 g/mol. The van der Waals surface area contributed by atoms with Gasteiger partial charge in [-0.3, -0.25) is 0 Å². The van der Waals surface area contributed by atoms with Crippen LogP contribution in [-0.2, 0) is 4.74 Å². The third-order valence-electron chi connectivity index (χ3n) is 3.20. The number of nitrogens with two attached hydrogens (primary N) is 1. The lowest BCUT2D eigenvalue weighted by molar-refractivity contribution is 0.0134. The maximum absolute atomic E-state index is 5.72. The van der Waals surface area contributed by atoms with Crippen LogP contribution in [-0.4, -0.2) is 24.2 Å². The van der Waals surface area contributed by atoms with E-state index in [0.717, 1.165) is 36.6 Å². The Hall–Kier alpha value is -1.29. The van der Waals surface area contributed by atoms with Gasteiger partial charge in [-0.05, 0) is 44.2 Å². The van der Waals surface area contributed by atoms with E-state index in [4.69, 9.17) is 10.5 Å². The number of rotatable bonds is 4. The van der Waals surface area contributed by atoms with Crippen LogP contribution in [0.3, 0.4) is 0 Å². The third-order valence-corrected chi connectivity index (χ3v) is 3.20. The van der Waals surface area contributed by atoms with Crippen LogP contribution < -0.4 is 11.1 Å². The molecule has 94 valence electrons. The van der Waals surface area contributed by atoms with E-state index >= 15 is 0 Å². The van der Waals surface area contributed by atoms with Crippen molar-refractivity contribution < 1.29 is 4.74 Å². The maximum atomic E-state index is 5.72. The average Bonchev–Trinajstić information content (AvgIpc) is 2.35. The van der Waals surface area contributed by atoms with E-state index in [-0.39, 0.29) is 0 Å². The summed E-state index contributed by atoms with van der Waals surface area (Å²) < 4.78 is 5.68. The average molecular weight is 235 g/mol. The first kappa shape index (κ1) is 12.2. The van der Waals surface area contributed by atoms with Crippen LogP contribution in [0.5, 0.6) is 0 Å². The van der Waals surface area contributed by atoms with Gasteiger partial charge in [-0.15, -0.1) is 0 Å². The number of ether oxygens (including phenoxy) is 1. The number of aryl methyl sites for hydroxylation is 1. The Balaban J connectivity index is 1.75. The summed E-state index contributed by atoms with van der Waals surface area (Å²) >= 11 is 0. The van der Waals surface area contributed by atoms with Gasteiger partial charge in [0.1, 0.15) is 5.82 Å². The summed E-state index contributed by atoms with van der Waals surface area (Å²) in [7, 11) is 0. The first-order valence-corrected chi connectivity index (χ1v) is 6.33. The lowest BCUT2D eigenvalue weighted by atomic mass is 10.1. The molecule has 1 aromatic rings. The zero-order valence-electron chi connectivity index (χ0n) is 10.4. The topological polar surface area (TPSA) is 60.2 Å². The molecule has 1 aliphatic heterocycles. The van der Waals surface area contributed by atoms with E-state index in [1.807, 2.05) is 13.0 Å². The molecule has 0 aliphatic carbocycles. The molecule has 1 aliphatic rings. The summed E-state index contributed by atoms with van der Waals surface area (Å²) in [6.07, 6.45) is 6.87. The van der Waals surface area contributed by atoms with Gasteiger partial charge in [-0.25, -0.2) is 4.98 Å². The van der Waals surface area contributed by atoms with Crippen LogP contribution in [0.4, 0.5) is 11.5 Å². The fourth-order valence-electron chi connectivity index (χ4n) is 2.06. The zero-order valence-corrected chi connectivity index (χ0v) is 10.4. The molecule has 0 bridgehead atoms. The fraction of sp³-hybridized carbons (Fsp3) is 0.615. The molecular weight excluding hydrogens is 214 g/mol. The highest BCUT2D eigenvalue weighted by Crippen LogP contribution is 2.16. The first-order valence-electron chi connectivity index (χ1n) is 6.33. The molecule has 4 nitrogen and oxygen atoms in total. The van der Waals surface area contributed by atoms with Crippen molar-refractivity contribution in [3.63, 3.8) is 0 Å². The van der Waals surface area contributed by atoms with E-state index in [1.165, 1.54) is 19.3 Å². The SMILES string of the molecule is Cc1cc(NCCC2CCCCO2)ncc1N. The van der Waals surface area contributed by atoms with E-state index in [9.17, 15) is 0 Å². The molecule has 0 radical (unpaired) electrons. The Morgan fingerprint density at radius 1 is 1.53 bits per heavy atom. The molecule has 0 spiro atoms. The van der Waals surface area contributed by atoms with Crippen LogP contribution in [0, 0.1) is 6.92 Å². The maximum Gasteiger partial charge on any atom is 0.126 e. The predicted molar refractivity (Wildman–Crippen MR) is 70.1 cm³/mol. The summed E-state index contributed by atoms with van der Waals surface area (Å²) in [6.45, 7) is 3.82. The van der Waals surface area contributed by atoms with Crippen molar-refractivity contribution in [3.05, 3.63) is 17.8 Å². The van der Waals surface area contributed by atoms with Crippen molar-refractivity contribution in [2.75, 3.05) is 24.2 Å². The van der Waals surface area contributed by atoms with Crippen LogP contribution in [0.25, 0.3) is 0 Å². The number of hydrogen-bond acceptors (Lipinski definition) is 4. The number of nitrogen functional groups attached to an aromatic ring is 1. The molecular formula is C13H21N3O. The molecule has 17 heavy (non-hydrogen) atoms. The minimum atomic E-state index is 0.422. The second-order valence-corrected chi connectivity index (χ2v) is 4.63. The highest BCUT2D eigenvalue weighted by atomic mass is 16.5. The normalized spacial score (nSPS) is 20.2. The Bertz CT molecular complexity index is 362. The van der Waals surface area contributed by atoms with Crippen LogP contribution in [0.1, 0.15) is 31.2 Å². The lowest BCUT2D eigenvalue weighted by Gasteiger charge is -2.22. The number of aromatic nitrogens is 1. The molecule has 0 amide bonds. The van der Waals surface area contributed by atoms with Gasteiger partial charge in [0, 0.05) is 13.2 Å². The zero-order chi connectivity index (χ0) is 12.1. The molecule has 0 aromatic carbocycles. The molecule has 2 rings (SSSR count). The van der Waals surface area contributed by atoms with Crippen LogP contribution in [0.15, 0.2) is 12.3 Å². The highest BCUT2D eigenvalue weighted by molar-refractivity contribution is 5.50. The number of anilines is 2. The van der Waals surface area contributed by atoms with E-state index < -0.39 is 0 Å².